The van der Waals surface area contributed by atoms with Gasteiger partial charge >= 0.3 is 0 Å². The number of nitrogens with one attached hydrogen (secondary N) is 1. The maximum atomic E-state index is 12.7. The molecule has 1 aliphatic heterocycles. The van der Waals surface area contributed by atoms with E-state index in [0.717, 1.165) is 37.9 Å². The number of aromatic nitrogens is 4. The Morgan fingerprint density at radius 1 is 1.24 bits per heavy atom. The summed E-state index contributed by atoms with van der Waals surface area (Å²) in [5.74, 6) is 0.0685. The lowest BCUT2D eigenvalue weighted by molar-refractivity contribution is -0.138. The number of pyridine rings is 1. The number of ether oxygens (including phenoxy) is 1. The molecule has 0 unspecified atom stereocenters. The standard InChI is InChI=1S/C19H22N6O2S2/c1-11-6-14(22-19-24-23-13(3)29-19)7-16(20-11)17-9-25(4-5-27-17)18(26)8-15-10-28-12(2)21-15/h6-7,10,17H,4-5,8-9H2,1-3H3,(H,20,22,24)/t17-/m0/s1. The average molecular weight is 431 g/mol. The third-order valence-corrected chi connectivity index (χ3v) is 6.07. The predicted molar refractivity (Wildman–Crippen MR) is 113 cm³/mol. The first-order valence-electron chi connectivity index (χ1n) is 9.32. The molecule has 0 bridgehead atoms. The number of aryl methyl sites for hydroxylation is 3. The minimum Gasteiger partial charge on any atom is -0.368 e. The lowest BCUT2D eigenvalue weighted by atomic mass is 10.1. The van der Waals surface area contributed by atoms with Crippen molar-refractivity contribution >= 4 is 39.4 Å². The Bertz CT molecular complexity index is 1020. The van der Waals surface area contributed by atoms with Crippen molar-refractivity contribution in [2.24, 2.45) is 0 Å². The Balaban J connectivity index is 1.46. The maximum absolute atomic E-state index is 12.7. The van der Waals surface area contributed by atoms with Crippen molar-refractivity contribution < 1.29 is 9.53 Å². The van der Waals surface area contributed by atoms with Crippen molar-refractivity contribution in [2.45, 2.75) is 33.3 Å². The van der Waals surface area contributed by atoms with Crippen molar-refractivity contribution in [3.05, 3.63) is 44.6 Å². The zero-order valence-corrected chi connectivity index (χ0v) is 18.1. The van der Waals surface area contributed by atoms with Crippen molar-refractivity contribution in [3.63, 3.8) is 0 Å². The van der Waals surface area contributed by atoms with E-state index in [-0.39, 0.29) is 12.0 Å². The van der Waals surface area contributed by atoms with Gasteiger partial charge in [0.05, 0.1) is 36.0 Å². The molecule has 0 saturated carbocycles. The van der Waals surface area contributed by atoms with Gasteiger partial charge in [-0.3, -0.25) is 9.78 Å². The van der Waals surface area contributed by atoms with E-state index in [0.29, 0.717) is 26.1 Å². The van der Waals surface area contributed by atoms with Crippen LogP contribution in [0.3, 0.4) is 0 Å². The van der Waals surface area contributed by atoms with Crippen LogP contribution >= 0.6 is 22.7 Å². The molecule has 8 nitrogen and oxygen atoms in total. The van der Waals surface area contributed by atoms with Crippen molar-refractivity contribution in [2.75, 3.05) is 25.0 Å². The molecule has 0 aliphatic carbocycles. The molecule has 3 aromatic heterocycles. The number of morpholine rings is 1. The first-order chi connectivity index (χ1) is 14.0. The van der Waals surface area contributed by atoms with Crippen LogP contribution in [-0.4, -0.2) is 50.7 Å². The summed E-state index contributed by atoms with van der Waals surface area (Å²) in [5, 5.41) is 16.0. The first-order valence-corrected chi connectivity index (χ1v) is 11.0. The van der Waals surface area contributed by atoms with Gasteiger partial charge in [0.25, 0.3) is 0 Å². The molecule has 0 aromatic carbocycles. The van der Waals surface area contributed by atoms with Gasteiger partial charge in [0.1, 0.15) is 11.1 Å². The molecule has 3 aromatic rings. The van der Waals surface area contributed by atoms with Crippen LogP contribution in [0.2, 0.25) is 0 Å². The van der Waals surface area contributed by atoms with Crippen LogP contribution in [0.4, 0.5) is 10.8 Å². The Kier molecular flexibility index (Phi) is 5.84. The molecule has 4 heterocycles. The number of anilines is 2. The van der Waals surface area contributed by atoms with Crippen LogP contribution in [0.15, 0.2) is 17.5 Å². The van der Waals surface area contributed by atoms with Gasteiger partial charge < -0.3 is 15.0 Å². The fourth-order valence-corrected chi connectivity index (χ4v) is 4.44. The largest absolute Gasteiger partial charge is 0.368 e. The number of hydrogen-bond donors (Lipinski definition) is 1. The predicted octanol–water partition coefficient (Wildman–Crippen LogP) is 3.20. The van der Waals surface area contributed by atoms with E-state index in [2.05, 4.69) is 25.5 Å². The SMILES string of the molecule is Cc1cc(Nc2nnc(C)s2)cc([C@@H]2CN(C(=O)Cc3csc(C)n3)CCO2)n1. The van der Waals surface area contributed by atoms with E-state index in [1.807, 2.05) is 43.2 Å². The number of thiazole rings is 1. The molecule has 29 heavy (non-hydrogen) atoms. The molecular formula is C19H22N6O2S2. The molecule has 0 spiro atoms. The second kappa shape index (κ2) is 8.52. The number of carbonyl (C=O) groups is 1. The summed E-state index contributed by atoms with van der Waals surface area (Å²) in [7, 11) is 0. The maximum Gasteiger partial charge on any atom is 0.228 e. The van der Waals surface area contributed by atoms with E-state index in [9.17, 15) is 4.79 Å². The van der Waals surface area contributed by atoms with Gasteiger partial charge in [-0.2, -0.15) is 0 Å². The Morgan fingerprint density at radius 3 is 2.83 bits per heavy atom. The first kappa shape index (κ1) is 19.9. The van der Waals surface area contributed by atoms with Gasteiger partial charge in [-0.05, 0) is 32.9 Å². The van der Waals surface area contributed by atoms with Crippen LogP contribution in [0.5, 0.6) is 0 Å². The highest BCUT2D eigenvalue weighted by atomic mass is 32.1. The van der Waals surface area contributed by atoms with Crippen molar-refractivity contribution in [1.29, 1.82) is 0 Å². The molecule has 1 saturated heterocycles. The highest BCUT2D eigenvalue weighted by Gasteiger charge is 2.27. The van der Waals surface area contributed by atoms with E-state index < -0.39 is 0 Å². The van der Waals surface area contributed by atoms with E-state index in [1.165, 1.54) is 11.3 Å². The summed E-state index contributed by atoms with van der Waals surface area (Å²) in [4.78, 5) is 23.6. The molecule has 1 atom stereocenters. The third-order valence-electron chi connectivity index (χ3n) is 4.50. The van der Waals surface area contributed by atoms with Gasteiger partial charge in [0.15, 0.2) is 0 Å². The summed E-state index contributed by atoms with van der Waals surface area (Å²) < 4.78 is 5.94. The number of nitrogens with zero attached hydrogens (tertiary/aromatic N) is 5. The molecule has 1 N–H and O–H groups in total. The second-order valence-electron chi connectivity index (χ2n) is 6.91. The normalized spacial score (nSPS) is 16.8. The van der Waals surface area contributed by atoms with Crippen LogP contribution in [0, 0.1) is 20.8 Å². The number of rotatable bonds is 5. The van der Waals surface area contributed by atoms with Crippen LogP contribution in [-0.2, 0) is 16.0 Å². The molecule has 1 fully saturated rings. The Hall–Kier alpha value is -2.43. The van der Waals surface area contributed by atoms with E-state index in [4.69, 9.17) is 4.74 Å². The van der Waals surface area contributed by atoms with Gasteiger partial charge in [0.2, 0.25) is 11.0 Å². The molecule has 152 valence electrons. The Labute approximate surface area is 177 Å². The highest BCUT2D eigenvalue weighted by Crippen LogP contribution is 2.27. The summed E-state index contributed by atoms with van der Waals surface area (Å²) in [6, 6.07) is 3.91. The number of amides is 1. The van der Waals surface area contributed by atoms with E-state index in [1.54, 1.807) is 11.3 Å². The van der Waals surface area contributed by atoms with Gasteiger partial charge in [0, 0.05) is 23.3 Å². The van der Waals surface area contributed by atoms with E-state index >= 15 is 0 Å². The van der Waals surface area contributed by atoms with Crippen molar-refractivity contribution in [3.8, 4) is 0 Å². The fourth-order valence-electron chi connectivity index (χ4n) is 3.21. The monoisotopic (exact) mass is 430 g/mol. The average Bonchev–Trinajstić information content (AvgIpc) is 3.29. The molecule has 4 rings (SSSR count). The summed E-state index contributed by atoms with van der Waals surface area (Å²) in [6.07, 6.45) is 0.0584. The quantitative estimate of drug-likeness (QED) is 0.664. The van der Waals surface area contributed by atoms with Crippen LogP contribution < -0.4 is 5.32 Å². The van der Waals surface area contributed by atoms with Crippen molar-refractivity contribution in [1.82, 2.24) is 25.1 Å². The molecule has 0 radical (unpaired) electrons. The molecule has 10 heteroatoms. The topological polar surface area (TPSA) is 93.1 Å². The molecule has 1 amide bonds. The zero-order valence-electron chi connectivity index (χ0n) is 16.5. The smallest absolute Gasteiger partial charge is 0.228 e. The fraction of sp³-hybridized carbons (Fsp3) is 0.421. The zero-order chi connectivity index (χ0) is 20.4. The number of carbonyl (C=O) groups excluding carboxylic acids is 1. The minimum absolute atomic E-state index is 0.0685. The summed E-state index contributed by atoms with van der Waals surface area (Å²) in [5.41, 5.74) is 3.38. The third kappa shape index (κ3) is 4.95. The lowest BCUT2D eigenvalue weighted by Gasteiger charge is -2.33. The van der Waals surface area contributed by atoms with Gasteiger partial charge in [-0.15, -0.1) is 21.5 Å². The van der Waals surface area contributed by atoms with Crippen LogP contribution in [0.25, 0.3) is 0 Å². The number of hydrogen-bond acceptors (Lipinski definition) is 9. The molecule has 1 aliphatic rings. The summed E-state index contributed by atoms with van der Waals surface area (Å²) in [6.45, 7) is 7.36. The summed E-state index contributed by atoms with van der Waals surface area (Å²) >= 11 is 3.06. The van der Waals surface area contributed by atoms with Gasteiger partial charge in [-0.25, -0.2) is 4.98 Å². The highest BCUT2D eigenvalue weighted by molar-refractivity contribution is 7.15. The lowest BCUT2D eigenvalue weighted by Crippen LogP contribution is -2.43. The minimum atomic E-state index is -0.263. The van der Waals surface area contributed by atoms with Crippen LogP contribution in [0.1, 0.15) is 33.2 Å². The van der Waals surface area contributed by atoms with Gasteiger partial charge in [-0.1, -0.05) is 11.3 Å². The Morgan fingerprint density at radius 2 is 2.10 bits per heavy atom. The molecular weight excluding hydrogens is 408 g/mol. The second-order valence-corrected chi connectivity index (χ2v) is 9.15.